The summed E-state index contributed by atoms with van der Waals surface area (Å²) in [5, 5.41) is 7.96. The highest BCUT2D eigenvalue weighted by atomic mass is 79.9. The van der Waals surface area contributed by atoms with E-state index in [0.29, 0.717) is 12.1 Å². The molecular weight excluding hydrogens is 398 g/mol. The first kappa shape index (κ1) is 18.0. The van der Waals surface area contributed by atoms with Gasteiger partial charge in [-0.05, 0) is 62.8 Å². The Morgan fingerprint density at radius 3 is 2.84 bits per heavy atom. The van der Waals surface area contributed by atoms with Crippen LogP contribution in [0.5, 0.6) is 0 Å². The Labute approximate surface area is 160 Å². The third kappa shape index (κ3) is 4.45. The molecule has 0 saturated carbocycles. The lowest BCUT2D eigenvalue weighted by Crippen LogP contribution is -2.27. The van der Waals surface area contributed by atoms with E-state index < -0.39 is 0 Å². The molecule has 0 bridgehead atoms. The molecule has 2 heterocycles. The minimum absolute atomic E-state index is 0.0549. The number of hydrogen-bond donors (Lipinski definition) is 1. The fraction of sp³-hybridized carbons (Fsp3) is 0.263. The Bertz CT molecular complexity index is 878. The summed E-state index contributed by atoms with van der Waals surface area (Å²) in [7, 11) is 4.06. The summed E-state index contributed by atoms with van der Waals surface area (Å²) >= 11 is 5.11. The molecule has 3 rings (SSSR count). The first-order chi connectivity index (χ1) is 12.0. The van der Waals surface area contributed by atoms with E-state index in [9.17, 15) is 4.79 Å². The van der Waals surface area contributed by atoms with E-state index in [1.807, 2.05) is 55.2 Å². The number of thiophene rings is 1. The lowest BCUT2D eigenvalue weighted by molar-refractivity contribution is 0.0954. The Morgan fingerprint density at radius 2 is 2.12 bits per heavy atom. The molecular formula is C19H20BrN3OS. The normalized spacial score (nSPS) is 11.2. The zero-order chi connectivity index (χ0) is 17.8. The summed E-state index contributed by atoms with van der Waals surface area (Å²) in [4.78, 5) is 19.6. The molecule has 0 aliphatic rings. The summed E-state index contributed by atoms with van der Waals surface area (Å²) in [6.07, 6.45) is 0.919. The molecule has 130 valence electrons. The molecule has 1 aromatic carbocycles. The van der Waals surface area contributed by atoms with E-state index in [1.54, 1.807) is 11.3 Å². The van der Waals surface area contributed by atoms with Crippen molar-refractivity contribution in [3.05, 3.63) is 51.1 Å². The van der Waals surface area contributed by atoms with Crippen LogP contribution in [-0.4, -0.2) is 43.0 Å². The van der Waals surface area contributed by atoms with Crippen LogP contribution in [0.15, 0.2) is 45.6 Å². The van der Waals surface area contributed by atoms with Crippen molar-refractivity contribution >= 4 is 44.1 Å². The second-order valence-corrected chi connectivity index (χ2v) is 7.84. The predicted octanol–water partition coefficient (Wildman–Crippen LogP) is 4.41. The standard InChI is InChI=1S/C19H20BrN3OS/c1-23(2)8-3-7-21-19(24)16-11-18(13-6-9-25-12-13)22-17-5-4-14(20)10-15(16)17/h4-6,9-12H,3,7-8H2,1-2H3,(H,21,24). The molecule has 0 aliphatic carbocycles. The van der Waals surface area contributed by atoms with Gasteiger partial charge in [0.05, 0.1) is 16.8 Å². The number of nitrogens with zero attached hydrogens (tertiary/aromatic N) is 2. The zero-order valence-corrected chi connectivity index (χ0v) is 16.7. The van der Waals surface area contributed by atoms with Gasteiger partial charge < -0.3 is 10.2 Å². The Morgan fingerprint density at radius 1 is 1.28 bits per heavy atom. The summed E-state index contributed by atoms with van der Waals surface area (Å²) in [6.45, 7) is 1.60. The maximum atomic E-state index is 12.8. The van der Waals surface area contributed by atoms with Crippen molar-refractivity contribution in [2.75, 3.05) is 27.2 Å². The first-order valence-electron chi connectivity index (χ1n) is 8.10. The van der Waals surface area contributed by atoms with Crippen LogP contribution < -0.4 is 5.32 Å². The first-order valence-corrected chi connectivity index (χ1v) is 9.84. The van der Waals surface area contributed by atoms with Crippen molar-refractivity contribution in [2.24, 2.45) is 0 Å². The molecule has 0 radical (unpaired) electrons. The molecule has 0 fully saturated rings. The van der Waals surface area contributed by atoms with Gasteiger partial charge in [-0.25, -0.2) is 4.98 Å². The lowest BCUT2D eigenvalue weighted by Gasteiger charge is -2.12. The second-order valence-electron chi connectivity index (χ2n) is 6.14. The van der Waals surface area contributed by atoms with Gasteiger partial charge in [-0.3, -0.25) is 4.79 Å². The van der Waals surface area contributed by atoms with Gasteiger partial charge in [0.2, 0.25) is 0 Å². The van der Waals surface area contributed by atoms with Crippen molar-refractivity contribution < 1.29 is 4.79 Å². The van der Waals surface area contributed by atoms with Gasteiger partial charge in [0.25, 0.3) is 5.91 Å². The number of halogens is 1. The fourth-order valence-corrected chi connectivity index (χ4v) is 3.65. The number of rotatable bonds is 6. The molecule has 0 aliphatic heterocycles. The summed E-state index contributed by atoms with van der Waals surface area (Å²) in [6, 6.07) is 9.76. The van der Waals surface area contributed by atoms with Crippen molar-refractivity contribution in [1.29, 1.82) is 0 Å². The topological polar surface area (TPSA) is 45.2 Å². The van der Waals surface area contributed by atoms with E-state index in [4.69, 9.17) is 4.98 Å². The van der Waals surface area contributed by atoms with Crippen LogP contribution in [0.2, 0.25) is 0 Å². The second kappa shape index (κ2) is 8.08. The molecule has 0 saturated heterocycles. The molecule has 4 nitrogen and oxygen atoms in total. The number of hydrogen-bond acceptors (Lipinski definition) is 4. The molecule has 1 N–H and O–H groups in total. The van der Waals surface area contributed by atoms with Crippen LogP contribution >= 0.6 is 27.3 Å². The van der Waals surface area contributed by atoms with E-state index >= 15 is 0 Å². The maximum absolute atomic E-state index is 12.8. The number of fused-ring (bicyclic) bond motifs is 1. The molecule has 6 heteroatoms. The zero-order valence-electron chi connectivity index (χ0n) is 14.3. The average molecular weight is 418 g/mol. The quantitative estimate of drug-likeness (QED) is 0.604. The number of carbonyl (C=O) groups excluding carboxylic acids is 1. The minimum atomic E-state index is -0.0549. The molecule has 2 aromatic heterocycles. The highest BCUT2D eigenvalue weighted by Crippen LogP contribution is 2.28. The molecule has 3 aromatic rings. The number of nitrogens with one attached hydrogen (secondary N) is 1. The lowest BCUT2D eigenvalue weighted by atomic mass is 10.0. The van der Waals surface area contributed by atoms with E-state index in [-0.39, 0.29) is 5.91 Å². The Kier molecular flexibility index (Phi) is 5.83. The van der Waals surface area contributed by atoms with Crippen LogP contribution in [0.3, 0.4) is 0 Å². The number of amides is 1. The smallest absolute Gasteiger partial charge is 0.252 e. The molecule has 25 heavy (non-hydrogen) atoms. The van der Waals surface area contributed by atoms with E-state index in [1.165, 1.54) is 0 Å². The fourth-order valence-electron chi connectivity index (χ4n) is 2.64. The van der Waals surface area contributed by atoms with Crippen LogP contribution in [0.25, 0.3) is 22.2 Å². The Balaban J connectivity index is 1.94. The van der Waals surface area contributed by atoms with Crippen LogP contribution in [-0.2, 0) is 0 Å². The number of benzene rings is 1. The number of pyridine rings is 1. The minimum Gasteiger partial charge on any atom is -0.352 e. The van der Waals surface area contributed by atoms with Crippen LogP contribution in [0.4, 0.5) is 0 Å². The predicted molar refractivity (Wildman–Crippen MR) is 108 cm³/mol. The summed E-state index contributed by atoms with van der Waals surface area (Å²) in [5.74, 6) is -0.0549. The van der Waals surface area contributed by atoms with Gasteiger partial charge in [-0.2, -0.15) is 11.3 Å². The highest BCUT2D eigenvalue weighted by molar-refractivity contribution is 9.10. The van der Waals surface area contributed by atoms with Crippen LogP contribution in [0, 0.1) is 0 Å². The largest absolute Gasteiger partial charge is 0.352 e. The van der Waals surface area contributed by atoms with Gasteiger partial charge in [0.15, 0.2) is 0 Å². The SMILES string of the molecule is CN(C)CCCNC(=O)c1cc(-c2ccsc2)nc2ccc(Br)cc12. The van der Waals surface area contributed by atoms with Gasteiger partial charge >= 0.3 is 0 Å². The Hall–Kier alpha value is -1.76. The van der Waals surface area contributed by atoms with Gasteiger partial charge in [-0.15, -0.1) is 0 Å². The third-order valence-corrected chi connectivity index (χ3v) is 5.08. The molecule has 1 amide bonds. The molecule has 0 atom stereocenters. The molecule has 0 unspecified atom stereocenters. The van der Waals surface area contributed by atoms with Gasteiger partial charge in [-0.1, -0.05) is 15.9 Å². The van der Waals surface area contributed by atoms with E-state index in [0.717, 1.165) is 39.6 Å². The van der Waals surface area contributed by atoms with Crippen molar-refractivity contribution in [3.63, 3.8) is 0 Å². The summed E-state index contributed by atoms with van der Waals surface area (Å²) < 4.78 is 0.937. The van der Waals surface area contributed by atoms with Gasteiger partial charge in [0, 0.05) is 27.3 Å². The highest BCUT2D eigenvalue weighted by Gasteiger charge is 2.14. The van der Waals surface area contributed by atoms with Crippen LogP contribution in [0.1, 0.15) is 16.8 Å². The number of aromatic nitrogens is 1. The summed E-state index contributed by atoms with van der Waals surface area (Å²) in [5.41, 5.74) is 3.36. The monoisotopic (exact) mass is 417 g/mol. The van der Waals surface area contributed by atoms with E-state index in [2.05, 4.69) is 26.1 Å². The molecule has 0 spiro atoms. The van der Waals surface area contributed by atoms with Crippen molar-refractivity contribution in [1.82, 2.24) is 15.2 Å². The van der Waals surface area contributed by atoms with Crippen molar-refractivity contribution in [3.8, 4) is 11.3 Å². The third-order valence-electron chi connectivity index (χ3n) is 3.90. The maximum Gasteiger partial charge on any atom is 0.252 e. The van der Waals surface area contributed by atoms with Crippen molar-refractivity contribution in [2.45, 2.75) is 6.42 Å². The van der Waals surface area contributed by atoms with Gasteiger partial charge in [0.1, 0.15) is 0 Å². The number of carbonyl (C=O) groups is 1. The average Bonchev–Trinajstić information content (AvgIpc) is 3.12.